The Bertz CT molecular complexity index is 1240. The number of hydrogen-bond acceptors (Lipinski definition) is 1. The molecule has 0 saturated heterocycles. The lowest BCUT2D eigenvalue weighted by Crippen LogP contribution is -2.35. The third-order valence-electron chi connectivity index (χ3n) is 9.12. The van der Waals surface area contributed by atoms with E-state index in [1.165, 1.54) is 34.5 Å². The van der Waals surface area contributed by atoms with Crippen molar-refractivity contribution in [3.8, 4) is 0 Å². The maximum Gasteiger partial charge on any atom is 0.0705 e. The van der Waals surface area contributed by atoms with Gasteiger partial charge in [0, 0.05) is 17.0 Å². The van der Waals surface area contributed by atoms with Crippen LogP contribution in [0.4, 0.5) is 0 Å². The van der Waals surface area contributed by atoms with Crippen LogP contribution in [0.5, 0.6) is 0 Å². The Balaban J connectivity index is 1.57. The minimum atomic E-state index is -0.503. The second-order valence-corrected chi connectivity index (χ2v) is 13.1. The van der Waals surface area contributed by atoms with Gasteiger partial charge in [-0.3, -0.25) is 4.98 Å². The molecule has 2 bridgehead atoms. The lowest BCUT2D eigenvalue weighted by Gasteiger charge is -2.42. The van der Waals surface area contributed by atoms with E-state index < -0.39 is 7.92 Å². The fraction of sp³-hybridized carbons (Fsp3) is 0.323. The highest BCUT2D eigenvalue weighted by Gasteiger charge is 2.68. The summed E-state index contributed by atoms with van der Waals surface area (Å²) in [5.74, 6) is 1.16. The molecule has 2 aliphatic rings. The molecule has 0 aliphatic heterocycles. The quantitative estimate of drug-likeness (QED) is 0.298. The average Bonchev–Trinajstić information content (AvgIpc) is 3.18. The molecular formula is C31H32NP. The maximum absolute atomic E-state index is 5.32. The third-order valence-corrected chi connectivity index (χ3v) is 12.1. The van der Waals surface area contributed by atoms with Crippen molar-refractivity contribution >= 4 is 29.4 Å². The second-order valence-electron chi connectivity index (χ2n) is 10.7. The van der Waals surface area contributed by atoms with Gasteiger partial charge in [-0.1, -0.05) is 106 Å². The van der Waals surface area contributed by atoms with E-state index in [-0.39, 0.29) is 5.41 Å². The van der Waals surface area contributed by atoms with Crippen LogP contribution in [0.3, 0.4) is 0 Å². The molecule has 1 aromatic heterocycles. The number of rotatable bonds is 4. The van der Waals surface area contributed by atoms with Crippen molar-refractivity contribution in [3.05, 3.63) is 103 Å². The summed E-state index contributed by atoms with van der Waals surface area (Å²) >= 11 is 0. The Morgan fingerprint density at radius 1 is 0.727 bits per heavy atom. The third kappa shape index (κ3) is 3.12. The molecule has 166 valence electrons. The summed E-state index contributed by atoms with van der Waals surface area (Å²) < 4.78 is 0. The van der Waals surface area contributed by atoms with Gasteiger partial charge in [0.25, 0.3) is 0 Å². The Morgan fingerprint density at radius 2 is 1.33 bits per heavy atom. The van der Waals surface area contributed by atoms with Gasteiger partial charge in [0.1, 0.15) is 0 Å². The van der Waals surface area contributed by atoms with Gasteiger partial charge in [-0.15, -0.1) is 0 Å². The summed E-state index contributed by atoms with van der Waals surface area (Å²) in [5.41, 5.74) is 3.56. The number of fused-ring (bicyclic) bond motifs is 3. The Labute approximate surface area is 199 Å². The molecule has 2 fully saturated rings. The number of pyridine rings is 1. The van der Waals surface area contributed by atoms with Gasteiger partial charge in [-0.25, -0.2) is 0 Å². The van der Waals surface area contributed by atoms with E-state index >= 15 is 0 Å². The van der Waals surface area contributed by atoms with Crippen molar-refractivity contribution in [1.29, 1.82) is 0 Å². The molecule has 33 heavy (non-hydrogen) atoms. The summed E-state index contributed by atoms with van der Waals surface area (Å²) in [6.45, 7) is 7.66. The highest BCUT2D eigenvalue weighted by atomic mass is 31.1. The van der Waals surface area contributed by atoms with Gasteiger partial charge in [0.2, 0.25) is 0 Å². The number of nitrogens with zero attached hydrogens (tertiary/aromatic N) is 1. The van der Waals surface area contributed by atoms with E-state index in [2.05, 4.69) is 118 Å². The van der Waals surface area contributed by atoms with E-state index in [1.54, 1.807) is 0 Å². The molecule has 2 unspecified atom stereocenters. The fourth-order valence-electron chi connectivity index (χ4n) is 7.08. The molecule has 2 heteroatoms. The van der Waals surface area contributed by atoms with E-state index in [0.717, 1.165) is 5.52 Å². The van der Waals surface area contributed by atoms with Crippen molar-refractivity contribution in [1.82, 2.24) is 4.98 Å². The van der Waals surface area contributed by atoms with Crippen LogP contribution >= 0.6 is 7.92 Å². The molecule has 6 rings (SSSR count). The van der Waals surface area contributed by atoms with Gasteiger partial charge in [0.15, 0.2) is 0 Å². The zero-order valence-corrected chi connectivity index (χ0v) is 20.7. The summed E-state index contributed by atoms with van der Waals surface area (Å²) in [5, 5.41) is 4.24. The van der Waals surface area contributed by atoms with E-state index in [1.807, 2.05) is 0 Å². The minimum Gasteiger partial charge on any atom is -0.253 e. The van der Waals surface area contributed by atoms with Crippen LogP contribution in [-0.4, -0.2) is 10.6 Å². The first-order chi connectivity index (χ1) is 16.0. The number of aromatic nitrogens is 1. The topological polar surface area (TPSA) is 12.9 Å². The van der Waals surface area contributed by atoms with Crippen LogP contribution in [0.1, 0.15) is 45.2 Å². The molecule has 0 N–H and O–H groups in total. The van der Waals surface area contributed by atoms with Crippen LogP contribution in [-0.2, 0) is 0 Å². The second kappa shape index (κ2) is 7.78. The molecule has 3 aromatic carbocycles. The van der Waals surface area contributed by atoms with Crippen molar-refractivity contribution in [2.75, 3.05) is 0 Å². The van der Waals surface area contributed by atoms with E-state index in [9.17, 15) is 0 Å². The number of benzene rings is 3. The smallest absolute Gasteiger partial charge is 0.0705 e. The lowest BCUT2D eigenvalue weighted by molar-refractivity contribution is 0.133. The Morgan fingerprint density at radius 3 is 2.00 bits per heavy atom. The molecule has 0 radical (unpaired) electrons. The van der Waals surface area contributed by atoms with Crippen molar-refractivity contribution in [2.45, 2.75) is 45.2 Å². The van der Waals surface area contributed by atoms with Gasteiger partial charge in [0.05, 0.1) is 5.52 Å². The van der Waals surface area contributed by atoms with Crippen LogP contribution in [0, 0.1) is 16.7 Å². The summed E-state index contributed by atoms with van der Waals surface area (Å²) in [4.78, 5) is 5.32. The molecule has 1 heterocycles. The normalized spacial score (nSPS) is 27.9. The fourth-order valence-corrected chi connectivity index (χ4v) is 10.7. The van der Waals surface area contributed by atoms with Crippen LogP contribution in [0.15, 0.2) is 97.1 Å². The van der Waals surface area contributed by atoms with Gasteiger partial charge in [-0.2, -0.15) is 0 Å². The van der Waals surface area contributed by atoms with E-state index in [0.29, 0.717) is 22.9 Å². The monoisotopic (exact) mass is 449 g/mol. The molecule has 1 nitrogen and oxygen atoms in total. The first-order valence-electron chi connectivity index (χ1n) is 12.3. The highest BCUT2D eigenvalue weighted by molar-refractivity contribution is 7.73. The first-order valence-corrected chi connectivity index (χ1v) is 13.7. The maximum atomic E-state index is 5.32. The number of hydrogen-bond donors (Lipinski definition) is 0. The highest BCUT2D eigenvalue weighted by Crippen LogP contribution is 2.76. The largest absolute Gasteiger partial charge is 0.253 e. The molecule has 2 aliphatic carbocycles. The average molecular weight is 450 g/mol. The Kier molecular flexibility index (Phi) is 4.96. The lowest BCUT2D eigenvalue weighted by atomic mass is 9.66. The number of para-hydroxylation sites is 1. The SMILES string of the molecule is CC1(C)C2CCC1(C)[C@@H](c1ccc3ccccc3n1)[C@@H]2P(c1ccccc1)c1ccccc1. The summed E-state index contributed by atoms with van der Waals surface area (Å²) in [6, 6.07) is 35.8. The predicted molar refractivity (Wildman–Crippen MR) is 142 cm³/mol. The Hall–Kier alpha value is -2.50. The predicted octanol–water partition coefficient (Wildman–Crippen LogP) is 7.28. The molecule has 4 atom stereocenters. The standard InChI is InChI=1S/C31H32NP/c1-30(2)25-20-21-31(30,3)28(27-19-18-22-12-10-11-17-26(22)32-27)29(25)33(23-13-6-4-7-14-23)24-15-8-5-9-16-24/h4-19,25,28-29H,20-21H2,1-3H3/t25?,28-,29+,31?/m0/s1. The minimum absolute atomic E-state index is 0.252. The first kappa shape index (κ1) is 21.1. The van der Waals surface area contributed by atoms with E-state index in [4.69, 9.17) is 4.98 Å². The molecule has 2 saturated carbocycles. The zero-order chi connectivity index (χ0) is 22.6. The zero-order valence-electron chi connectivity index (χ0n) is 19.8. The summed E-state index contributed by atoms with van der Waals surface area (Å²) in [7, 11) is -0.503. The molecule has 0 spiro atoms. The van der Waals surface area contributed by atoms with Gasteiger partial charge >= 0.3 is 0 Å². The summed E-state index contributed by atoms with van der Waals surface area (Å²) in [6.07, 6.45) is 2.63. The van der Waals surface area contributed by atoms with Crippen LogP contribution < -0.4 is 10.6 Å². The van der Waals surface area contributed by atoms with Crippen molar-refractivity contribution in [3.63, 3.8) is 0 Å². The van der Waals surface area contributed by atoms with Crippen molar-refractivity contribution in [2.24, 2.45) is 16.7 Å². The van der Waals surface area contributed by atoms with Gasteiger partial charge < -0.3 is 0 Å². The van der Waals surface area contributed by atoms with Gasteiger partial charge in [-0.05, 0) is 65.9 Å². The molecule has 0 amide bonds. The molecule has 4 aromatic rings. The van der Waals surface area contributed by atoms with Crippen LogP contribution in [0.2, 0.25) is 0 Å². The molecular weight excluding hydrogens is 417 g/mol. The van der Waals surface area contributed by atoms with Crippen molar-refractivity contribution < 1.29 is 0 Å². The van der Waals surface area contributed by atoms with Crippen LogP contribution in [0.25, 0.3) is 10.9 Å².